The Balaban J connectivity index is 1.75. The Kier molecular flexibility index (Phi) is 12.2. The van der Waals surface area contributed by atoms with Gasteiger partial charge in [0, 0.05) is 32.4 Å². The van der Waals surface area contributed by atoms with Gasteiger partial charge in [-0.15, -0.1) is 0 Å². The third-order valence-corrected chi connectivity index (χ3v) is 7.18. The Morgan fingerprint density at radius 1 is 0.804 bits per heavy atom. The van der Waals surface area contributed by atoms with Crippen LogP contribution in [-0.2, 0) is 38.3 Å². The maximum absolute atomic E-state index is 13.8. The minimum atomic E-state index is -1.66. The summed E-state index contributed by atoms with van der Waals surface area (Å²) < 4.78 is 10.9. The van der Waals surface area contributed by atoms with Crippen molar-refractivity contribution in [3.63, 3.8) is 0 Å². The van der Waals surface area contributed by atoms with E-state index >= 15 is 0 Å². The van der Waals surface area contributed by atoms with Crippen LogP contribution in [0.5, 0.6) is 5.75 Å². The van der Waals surface area contributed by atoms with Crippen LogP contribution in [-0.4, -0.2) is 59.4 Å². The second-order valence-electron chi connectivity index (χ2n) is 12.2. The normalized spacial score (nSPS) is 12.0. The SMILES string of the molecule is Cc1cc(O)cc(C)c1C[C@H](NC(=O)OC(C)(C)C)C(=O)NCCNC(=O)C(Cc1ccccc1)(Cc1ccccc1)OC(N)=O. The van der Waals surface area contributed by atoms with Crippen LogP contribution < -0.4 is 21.7 Å². The van der Waals surface area contributed by atoms with E-state index in [1.807, 2.05) is 74.5 Å². The molecule has 0 heterocycles. The Hall–Kier alpha value is -5.06. The molecular weight excluding hydrogens is 588 g/mol. The average Bonchev–Trinajstić information content (AvgIpc) is 2.96. The van der Waals surface area contributed by atoms with Gasteiger partial charge in [0.15, 0.2) is 5.60 Å². The molecule has 6 N–H and O–H groups in total. The highest BCUT2D eigenvalue weighted by Crippen LogP contribution is 2.25. The van der Waals surface area contributed by atoms with Gasteiger partial charge in [-0.2, -0.15) is 0 Å². The van der Waals surface area contributed by atoms with Gasteiger partial charge in [-0.1, -0.05) is 60.7 Å². The Morgan fingerprint density at radius 3 is 1.78 bits per heavy atom. The number of nitrogens with one attached hydrogen (secondary N) is 3. The van der Waals surface area contributed by atoms with E-state index in [0.29, 0.717) is 0 Å². The van der Waals surface area contributed by atoms with E-state index in [9.17, 15) is 24.3 Å². The van der Waals surface area contributed by atoms with E-state index in [4.69, 9.17) is 15.2 Å². The number of benzene rings is 3. The second kappa shape index (κ2) is 15.8. The van der Waals surface area contributed by atoms with Gasteiger partial charge < -0.3 is 36.3 Å². The van der Waals surface area contributed by atoms with Gasteiger partial charge in [0.1, 0.15) is 17.4 Å². The van der Waals surface area contributed by atoms with E-state index in [2.05, 4.69) is 16.0 Å². The quantitative estimate of drug-likeness (QED) is 0.177. The fourth-order valence-corrected chi connectivity index (χ4v) is 5.19. The number of carbonyl (C=O) groups is 4. The standard InChI is InChI=1S/C35H44N4O7/c1-23-18-27(40)19-24(2)28(23)20-29(39-33(44)46-34(3,4)5)30(41)37-16-17-38-31(42)35(45-32(36)43,21-25-12-8-6-9-13-25)22-26-14-10-7-11-15-26/h6-15,18-19,29,40H,16-17,20-22H2,1-5H3,(H2,36,43)(H,37,41)(H,38,42)(H,39,44)/t29-/m0/s1. The maximum atomic E-state index is 13.8. The minimum absolute atomic E-state index is 0.00551. The number of aromatic hydroxyl groups is 1. The average molecular weight is 633 g/mol. The number of aryl methyl sites for hydroxylation is 2. The van der Waals surface area contributed by atoms with E-state index < -0.39 is 41.2 Å². The van der Waals surface area contributed by atoms with E-state index in [1.54, 1.807) is 32.9 Å². The molecular formula is C35H44N4O7. The highest BCUT2D eigenvalue weighted by atomic mass is 16.6. The van der Waals surface area contributed by atoms with Crippen LogP contribution in [0.3, 0.4) is 0 Å². The minimum Gasteiger partial charge on any atom is -0.508 e. The number of rotatable bonds is 13. The Morgan fingerprint density at radius 2 is 1.30 bits per heavy atom. The smallest absolute Gasteiger partial charge is 0.408 e. The molecule has 11 heteroatoms. The lowest BCUT2D eigenvalue weighted by molar-refractivity contribution is -0.140. The Labute approximate surface area is 269 Å². The fraction of sp³-hybridized carbons (Fsp3) is 0.371. The third-order valence-electron chi connectivity index (χ3n) is 7.18. The number of hydrogen-bond acceptors (Lipinski definition) is 7. The fourth-order valence-electron chi connectivity index (χ4n) is 5.19. The number of hydrogen-bond donors (Lipinski definition) is 5. The molecule has 3 aromatic carbocycles. The molecule has 0 spiro atoms. The molecule has 4 amide bonds. The van der Waals surface area contributed by atoms with Crippen LogP contribution in [0, 0.1) is 13.8 Å². The topological polar surface area (TPSA) is 169 Å². The number of ether oxygens (including phenoxy) is 2. The maximum Gasteiger partial charge on any atom is 0.408 e. The van der Waals surface area contributed by atoms with Crippen molar-refractivity contribution in [1.29, 1.82) is 0 Å². The number of primary amides is 1. The summed E-state index contributed by atoms with van der Waals surface area (Å²) in [5, 5.41) is 18.1. The van der Waals surface area contributed by atoms with Gasteiger partial charge in [0.25, 0.3) is 5.91 Å². The van der Waals surface area contributed by atoms with Gasteiger partial charge in [-0.05, 0) is 74.6 Å². The molecule has 3 rings (SSSR count). The molecule has 0 aromatic heterocycles. The predicted octanol–water partition coefficient (Wildman–Crippen LogP) is 4.00. The first-order chi connectivity index (χ1) is 21.7. The zero-order chi connectivity index (χ0) is 33.9. The van der Waals surface area contributed by atoms with Crippen molar-refractivity contribution in [1.82, 2.24) is 16.0 Å². The molecule has 0 unspecified atom stereocenters. The lowest BCUT2D eigenvalue weighted by Gasteiger charge is -2.32. The summed E-state index contributed by atoms with van der Waals surface area (Å²) in [6, 6.07) is 20.4. The van der Waals surface area contributed by atoms with Gasteiger partial charge in [-0.3, -0.25) is 9.59 Å². The molecule has 3 aromatic rings. The molecule has 246 valence electrons. The molecule has 0 aliphatic heterocycles. The van der Waals surface area contributed by atoms with Crippen LogP contribution in [0.25, 0.3) is 0 Å². The summed E-state index contributed by atoms with van der Waals surface area (Å²) in [6.45, 7) is 8.78. The highest BCUT2D eigenvalue weighted by molar-refractivity contribution is 5.89. The molecule has 11 nitrogen and oxygen atoms in total. The molecule has 0 aliphatic carbocycles. The van der Waals surface area contributed by atoms with Gasteiger partial charge in [-0.25, -0.2) is 9.59 Å². The predicted molar refractivity (Wildman–Crippen MR) is 174 cm³/mol. The molecule has 0 saturated heterocycles. The monoisotopic (exact) mass is 632 g/mol. The van der Waals surface area contributed by atoms with Gasteiger partial charge in [0.2, 0.25) is 5.91 Å². The second-order valence-corrected chi connectivity index (χ2v) is 12.2. The molecule has 0 saturated carbocycles. The molecule has 0 bridgehead atoms. The zero-order valence-corrected chi connectivity index (χ0v) is 27.0. The summed E-state index contributed by atoms with van der Waals surface area (Å²) in [5.41, 5.74) is 6.86. The van der Waals surface area contributed by atoms with Crippen molar-refractivity contribution < 1.29 is 33.8 Å². The molecule has 0 radical (unpaired) electrons. The zero-order valence-electron chi connectivity index (χ0n) is 27.0. The highest BCUT2D eigenvalue weighted by Gasteiger charge is 2.42. The van der Waals surface area contributed by atoms with Crippen LogP contribution >= 0.6 is 0 Å². The van der Waals surface area contributed by atoms with Crippen molar-refractivity contribution in [3.05, 3.63) is 101 Å². The summed E-state index contributed by atoms with van der Waals surface area (Å²) in [5.74, 6) is -0.973. The lowest BCUT2D eigenvalue weighted by atomic mass is 9.86. The number of carbonyl (C=O) groups excluding carboxylic acids is 4. The summed E-state index contributed by atoms with van der Waals surface area (Å²) in [4.78, 5) is 51.9. The van der Waals surface area contributed by atoms with Crippen molar-refractivity contribution in [2.24, 2.45) is 5.73 Å². The largest absolute Gasteiger partial charge is 0.508 e. The number of phenols is 1. The van der Waals surface area contributed by atoms with Gasteiger partial charge >= 0.3 is 12.2 Å². The number of alkyl carbamates (subject to hydrolysis) is 1. The lowest BCUT2D eigenvalue weighted by Crippen LogP contribution is -2.55. The number of phenolic OH excluding ortho intramolecular Hbond substituents is 1. The summed E-state index contributed by atoms with van der Waals surface area (Å²) in [6.07, 6.45) is -1.58. The van der Waals surface area contributed by atoms with E-state index in [0.717, 1.165) is 27.8 Å². The van der Waals surface area contributed by atoms with Crippen molar-refractivity contribution in [3.8, 4) is 5.75 Å². The molecule has 0 aliphatic rings. The first kappa shape index (κ1) is 35.4. The first-order valence-corrected chi connectivity index (χ1v) is 15.1. The van der Waals surface area contributed by atoms with E-state index in [1.165, 1.54) is 0 Å². The van der Waals surface area contributed by atoms with Crippen molar-refractivity contribution in [2.45, 2.75) is 71.1 Å². The third kappa shape index (κ3) is 10.8. The van der Waals surface area contributed by atoms with Crippen LogP contribution in [0.1, 0.15) is 48.6 Å². The Bertz CT molecular complexity index is 1440. The van der Waals surface area contributed by atoms with Crippen molar-refractivity contribution in [2.75, 3.05) is 13.1 Å². The van der Waals surface area contributed by atoms with Crippen LogP contribution in [0.4, 0.5) is 9.59 Å². The summed E-state index contributed by atoms with van der Waals surface area (Å²) >= 11 is 0. The van der Waals surface area contributed by atoms with Crippen LogP contribution in [0.2, 0.25) is 0 Å². The van der Waals surface area contributed by atoms with E-state index in [-0.39, 0.29) is 38.1 Å². The van der Waals surface area contributed by atoms with Crippen molar-refractivity contribution >= 4 is 24.0 Å². The molecule has 46 heavy (non-hydrogen) atoms. The molecule has 1 atom stereocenters. The van der Waals surface area contributed by atoms with Crippen LogP contribution in [0.15, 0.2) is 72.8 Å². The number of amides is 4. The first-order valence-electron chi connectivity index (χ1n) is 15.1. The number of nitrogens with two attached hydrogens (primary N) is 1. The summed E-state index contributed by atoms with van der Waals surface area (Å²) in [7, 11) is 0. The van der Waals surface area contributed by atoms with Gasteiger partial charge in [0.05, 0.1) is 0 Å². The molecule has 0 fully saturated rings.